The predicted molar refractivity (Wildman–Crippen MR) is 108 cm³/mol. The number of nitrogens with zero attached hydrogens (tertiary/aromatic N) is 3. The minimum Gasteiger partial charge on any atom is -0.493 e. The summed E-state index contributed by atoms with van der Waals surface area (Å²) < 4.78 is 12.9. The summed E-state index contributed by atoms with van der Waals surface area (Å²) in [6.07, 6.45) is 1.61. The van der Waals surface area contributed by atoms with Gasteiger partial charge in [-0.15, -0.1) is 0 Å². The summed E-state index contributed by atoms with van der Waals surface area (Å²) in [6.45, 7) is 3.67. The molecule has 0 fully saturated rings. The summed E-state index contributed by atoms with van der Waals surface area (Å²) in [7, 11) is 3.27. The lowest BCUT2D eigenvalue weighted by atomic mass is 9.98. The van der Waals surface area contributed by atoms with Gasteiger partial charge in [0.2, 0.25) is 5.91 Å². The summed E-state index contributed by atoms with van der Waals surface area (Å²) >= 11 is 0. The number of para-hydroxylation sites is 2. The van der Waals surface area contributed by atoms with Crippen LogP contribution in [0.5, 0.6) is 11.5 Å². The molecule has 4 rings (SSSR count). The molecule has 0 saturated heterocycles. The highest BCUT2D eigenvalue weighted by Gasteiger charge is 2.24. The van der Waals surface area contributed by atoms with Gasteiger partial charge in [-0.05, 0) is 41.8 Å². The van der Waals surface area contributed by atoms with Crippen LogP contribution < -0.4 is 9.47 Å². The molecule has 0 radical (unpaired) electrons. The first-order valence-electron chi connectivity index (χ1n) is 9.60. The zero-order valence-electron chi connectivity index (χ0n) is 16.6. The van der Waals surface area contributed by atoms with E-state index in [1.807, 2.05) is 45.9 Å². The van der Waals surface area contributed by atoms with E-state index in [1.165, 1.54) is 5.56 Å². The molecule has 0 bridgehead atoms. The Morgan fingerprint density at radius 2 is 1.82 bits per heavy atom. The molecule has 6 heteroatoms. The van der Waals surface area contributed by atoms with Crippen molar-refractivity contribution in [1.29, 1.82) is 0 Å². The quantitative estimate of drug-likeness (QED) is 0.683. The molecule has 146 valence electrons. The Bertz CT molecular complexity index is 1030. The van der Waals surface area contributed by atoms with Gasteiger partial charge in [-0.1, -0.05) is 19.1 Å². The molecule has 28 heavy (non-hydrogen) atoms. The average Bonchev–Trinajstić information content (AvgIpc) is 3.09. The lowest BCUT2D eigenvalue weighted by molar-refractivity contribution is -0.132. The van der Waals surface area contributed by atoms with Crippen LogP contribution >= 0.6 is 0 Å². The second kappa shape index (κ2) is 7.54. The van der Waals surface area contributed by atoms with Crippen LogP contribution in [-0.4, -0.2) is 41.1 Å². The van der Waals surface area contributed by atoms with Crippen molar-refractivity contribution in [1.82, 2.24) is 14.5 Å². The monoisotopic (exact) mass is 379 g/mol. The van der Waals surface area contributed by atoms with Gasteiger partial charge >= 0.3 is 0 Å². The van der Waals surface area contributed by atoms with Crippen LogP contribution in [0.25, 0.3) is 11.0 Å². The molecule has 1 aliphatic heterocycles. The van der Waals surface area contributed by atoms with Gasteiger partial charge in [0.15, 0.2) is 11.5 Å². The summed E-state index contributed by atoms with van der Waals surface area (Å²) in [5.41, 5.74) is 4.27. The molecule has 3 aromatic rings. The maximum Gasteiger partial charge on any atom is 0.242 e. The maximum absolute atomic E-state index is 13.1. The van der Waals surface area contributed by atoms with Gasteiger partial charge in [-0.25, -0.2) is 4.98 Å². The normalized spacial score (nSPS) is 13.5. The van der Waals surface area contributed by atoms with Crippen LogP contribution in [0.1, 0.15) is 23.9 Å². The van der Waals surface area contributed by atoms with E-state index < -0.39 is 0 Å². The fourth-order valence-electron chi connectivity index (χ4n) is 3.90. The molecule has 0 aliphatic carbocycles. The number of carbonyl (C=O) groups is 1. The largest absolute Gasteiger partial charge is 0.493 e. The smallest absolute Gasteiger partial charge is 0.242 e. The zero-order chi connectivity index (χ0) is 19.7. The third-order valence-corrected chi connectivity index (χ3v) is 5.41. The van der Waals surface area contributed by atoms with E-state index in [4.69, 9.17) is 9.47 Å². The molecule has 0 atom stereocenters. The summed E-state index contributed by atoms with van der Waals surface area (Å²) in [6, 6.07) is 12.0. The minimum absolute atomic E-state index is 0.110. The van der Waals surface area contributed by atoms with Crippen LogP contribution in [0, 0.1) is 0 Å². The van der Waals surface area contributed by atoms with Crippen molar-refractivity contribution in [3.05, 3.63) is 53.3 Å². The number of hydrogen-bond donors (Lipinski definition) is 0. The number of rotatable bonds is 5. The van der Waals surface area contributed by atoms with Crippen molar-refractivity contribution in [2.45, 2.75) is 32.9 Å². The summed E-state index contributed by atoms with van der Waals surface area (Å²) in [5.74, 6) is 2.49. The van der Waals surface area contributed by atoms with Gasteiger partial charge in [0.1, 0.15) is 12.4 Å². The number of aryl methyl sites for hydroxylation is 1. The van der Waals surface area contributed by atoms with Crippen LogP contribution in [0.4, 0.5) is 0 Å². The molecule has 2 aromatic carbocycles. The van der Waals surface area contributed by atoms with Crippen LogP contribution in [-0.2, 0) is 30.7 Å². The first-order valence-corrected chi connectivity index (χ1v) is 9.60. The number of methoxy groups -OCH3 is 2. The minimum atomic E-state index is 0.110. The Labute approximate surface area is 164 Å². The topological polar surface area (TPSA) is 56.6 Å². The van der Waals surface area contributed by atoms with Crippen molar-refractivity contribution >= 4 is 16.9 Å². The Morgan fingerprint density at radius 1 is 1.11 bits per heavy atom. The Hall–Kier alpha value is -3.02. The van der Waals surface area contributed by atoms with Gasteiger partial charge in [-0.3, -0.25) is 4.79 Å². The number of carbonyl (C=O) groups excluding carboxylic acids is 1. The lowest BCUT2D eigenvalue weighted by Crippen LogP contribution is -2.38. The molecule has 0 spiro atoms. The molecule has 0 saturated carbocycles. The molecule has 2 heterocycles. The second-order valence-electron chi connectivity index (χ2n) is 7.00. The lowest BCUT2D eigenvalue weighted by Gasteiger charge is -2.30. The van der Waals surface area contributed by atoms with Crippen molar-refractivity contribution < 1.29 is 14.3 Å². The molecular formula is C22H25N3O3. The highest BCUT2D eigenvalue weighted by atomic mass is 16.5. The van der Waals surface area contributed by atoms with E-state index in [2.05, 4.69) is 11.9 Å². The van der Waals surface area contributed by atoms with Gasteiger partial charge in [0.25, 0.3) is 0 Å². The van der Waals surface area contributed by atoms with E-state index in [9.17, 15) is 4.79 Å². The Balaban J connectivity index is 1.58. The highest BCUT2D eigenvalue weighted by Crippen LogP contribution is 2.33. The number of benzene rings is 2. The highest BCUT2D eigenvalue weighted by molar-refractivity contribution is 5.81. The molecule has 1 aromatic heterocycles. The van der Waals surface area contributed by atoms with E-state index in [0.29, 0.717) is 25.4 Å². The van der Waals surface area contributed by atoms with Crippen molar-refractivity contribution in [2.24, 2.45) is 0 Å². The first-order chi connectivity index (χ1) is 13.6. The van der Waals surface area contributed by atoms with E-state index >= 15 is 0 Å². The first kappa shape index (κ1) is 18.3. The Kier molecular flexibility index (Phi) is 4.94. The third-order valence-electron chi connectivity index (χ3n) is 5.41. The summed E-state index contributed by atoms with van der Waals surface area (Å²) in [5, 5.41) is 0. The molecule has 6 nitrogen and oxygen atoms in total. The predicted octanol–water partition coefficient (Wildman–Crippen LogP) is 3.20. The Morgan fingerprint density at radius 3 is 2.54 bits per heavy atom. The SMILES string of the molecule is CCc1nc2ccccc2n1CC(=O)N1CCc2cc(OC)c(OC)cc2C1. The number of imidazole rings is 1. The van der Waals surface area contributed by atoms with Gasteiger partial charge < -0.3 is 18.9 Å². The van der Waals surface area contributed by atoms with Crippen molar-refractivity contribution in [3.8, 4) is 11.5 Å². The fraction of sp³-hybridized carbons (Fsp3) is 0.364. The van der Waals surface area contributed by atoms with Crippen molar-refractivity contribution in [2.75, 3.05) is 20.8 Å². The zero-order valence-corrected chi connectivity index (χ0v) is 16.6. The number of fused-ring (bicyclic) bond motifs is 2. The third kappa shape index (κ3) is 3.19. The van der Waals surface area contributed by atoms with Crippen LogP contribution in [0.2, 0.25) is 0 Å². The van der Waals surface area contributed by atoms with Crippen LogP contribution in [0.3, 0.4) is 0 Å². The second-order valence-corrected chi connectivity index (χ2v) is 7.00. The van der Waals surface area contributed by atoms with Crippen molar-refractivity contribution in [3.63, 3.8) is 0 Å². The fourth-order valence-corrected chi connectivity index (χ4v) is 3.90. The molecule has 1 aliphatic rings. The van der Waals surface area contributed by atoms with E-state index in [0.717, 1.165) is 41.0 Å². The standard InChI is InChI=1S/C22H25N3O3/c1-4-21-23-17-7-5-6-8-18(17)25(21)14-22(26)24-10-9-15-11-19(27-2)20(28-3)12-16(15)13-24/h5-8,11-12H,4,9-10,13-14H2,1-3H3. The van der Waals surface area contributed by atoms with E-state index in [-0.39, 0.29) is 5.91 Å². The van der Waals surface area contributed by atoms with Gasteiger partial charge in [0.05, 0.1) is 25.3 Å². The van der Waals surface area contributed by atoms with E-state index in [1.54, 1.807) is 14.2 Å². The molecule has 1 amide bonds. The number of hydrogen-bond acceptors (Lipinski definition) is 4. The maximum atomic E-state index is 13.1. The average molecular weight is 379 g/mol. The van der Waals surface area contributed by atoms with Gasteiger partial charge in [0, 0.05) is 19.5 Å². The molecule has 0 N–H and O–H groups in total. The number of ether oxygens (including phenoxy) is 2. The summed E-state index contributed by atoms with van der Waals surface area (Å²) in [4.78, 5) is 19.7. The molecular weight excluding hydrogens is 354 g/mol. The molecule has 0 unspecified atom stereocenters. The number of amides is 1. The van der Waals surface area contributed by atoms with Gasteiger partial charge in [-0.2, -0.15) is 0 Å². The number of aromatic nitrogens is 2. The van der Waals surface area contributed by atoms with Crippen LogP contribution in [0.15, 0.2) is 36.4 Å².